The Morgan fingerprint density at radius 3 is 2.37 bits per heavy atom. The fraction of sp³-hybridized carbons (Fsp3) is 0.462. The number of aliphatic carboxylic acids is 1. The van der Waals surface area contributed by atoms with Gasteiger partial charge in [-0.25, -0.2) is 4.98 Å². The molecule has 0 saturated carbocycles. The lowest BCUT2D eigenvalue weighted by Gasteiger charge is -2.35. The Morgan fingerprint density at radius 2 is 1.95 bits per heavy atom. The molecule has 1 aromatic rings. The molecule has 1 rings (SSSR count). The molecule has 1 heterocycles. The molecule has 0 radical (unpaired) electrons. The number of carboxylic acids is 1. The van der Waals surface area contributed by atoms with Crippen molar-refractivity contribution in [1.29, 1.82) is 0 Å². The molecule has 0 atom stereocenters. The molecule has 6 heteroatoms. The van der Waals surface area contributed by atoms with Crippen molar-refractivity contribution in [1.82, 2.24) is 4.98 Å². The number of pyridine rings is 1. The maximum Gasteiger partial charge on any atom is 0.323 e. The van der Waals surface area contributed by atoms with E-state index in [0.717, 1.165) is 0 Å². The van der Waals surface area contributed by atoms with Crippen molar-refractivity contribution in [3.63, 3.8) is 0 Å². The van der Waals surface area contributed by atoms with Gasteiger partial charge in [0.1, 0.15) is 12.4 Å². The second-order valence-corrected chi connectivity index (χ2v) is 5.37. The minimum atomic E-state index is -0.959. The monoisotopic (exact) mass is 265 g/mol. The van der Waals surface area contributed by atoms with Crippen molar-refractivity contribution < 1.29 is 14.7 Å². The van der Waals surface area contributed by atoms with Gasteiger partial charge in [-0.05, 0) is 39.8 Å². The number of primary amides is 1. The quantitative estimate of drug-likeness (QED) is 0.852. The zero-order valence-electron chi connectivity index (χ0n) is 11.6. The molecule has 6 nitrogen and oxygen atoms in total. The highest BCUT2D eigenvalue weighted by Gasteiger charge is 2.25. The van der Waals surface area contributed by atoms with Gasteiger partial charge in [0.25, 0.3) is 0 Å². The van der Waals surface area contributed by atoms with E-state index in [1.54, 1.807) is 17.9 Å². The number of anilines is 1. The van der Waals surface area contributed by atoms with E-state index in [9.17, 15) is 9.59 Å². The maximum atomic E-state index is 11.3. The van der Waals surface area contributed by atoms with E-state index in [2.05, 4.69) is 4.98 Å². The highest BCUT2D eigenvalue weighted by Crippen LogP contribution is 2.23. The Hall–Kier alpha value is -2.11. The van der Waals surface area contributed by atoms with E-state index in [-0.39, 0.29) is 6.54 Å². The standard InChI is InChI=1S/C13H19N3O3/c1-8-5-9(12(14)19)6-10(15-8)16(7-11(17)18)13(2,3)4/h5-6H,7H2,1-4H3,(H2,14,19)(H,17,18). The minimum absolute atomic E-state index is 0.196. The zero-order valence-corrected chi connectivity index (χ0v) is 11.6. The average Bonchev–Trinajstić information content (AvgIpc) is 2.23. The molecular formula is C13H19N3O3. The predicted octanol–water partition coefficient (Wildman–Crippen LogP) is 1.18. The smallest absolute Gasteiger partial charge is 0.323 e. The Labute approximate surface area is 112 Å². The van der Waals surface area contributed by atoms with Crippen LogP contribution in [0.3, 0.4) is 0 Å². The number of carbonyl (C=O) groups is 2. The predicted molar refractivity (Wildman–Crippen MR) is 72.2 cm³/mol. The molecule has 19 heavy (non-hydrogen) atoms. The van der Waals surface area contributed by atoms with Gasteiger partial charge in [0.05, 0.1) is 0 Å². The molecule has 0 unspecified atom stereocenters. The number of carbonyl (C=O) groups excluding carboxylic acids is 1. The molecule has 1 aromatic heterocycles. The van der Waals surface area contributed by atoms with Crippen molar-refractivity contribution >= 4 is 17.7 Å². The third-order valence-electron chi connectivity index (χ3n) is 2.60. The molecule has 0 saturated heterocycles. The summed E-state index contributed by atoms with van der Waals surface area (Å²) in [5.41, 5.74) is 5.76. The summed E-state index contributed by atoms with van der Waals surface area (Å²) in [6, 6.07) is 3.09. The zero-order chi connectivity index (χ0) is 14.8. The van der Waals surface area contributed by atoms with Crippen LogP contribution in [0.25, 0.3) is 0 Å². The summed E-state index contributed by atoms with van der Waals surface area (Å²) in [4.78, 5) is 28.1. The Bertz CT molecular complexity index is 506. The van der Waals surface area contributed by atoms with Crippen LogP contribution in [0.15, 0.2) is 12.1 Å². The van der Waals surface area contributed by atoms with Crippen LogP contribution in [0.5, 0.6) is 0 Å². The Balaban J connectivity index is 3.30. The number of nitrogens with two attached hydrogens (primary N) is 1. The van der Waals surface area contributed by atoms with Crippen molar-refractivity contribution in [2.45, 2.75) is 33.2 Å². The van der Waals surface area contributed by atoms with Crippen LogP contribution < -0.4 is 10.6 Å². The second kappa shape index (κ2) is 5.26. The molecule has 0 aliphatic heterocycles. The summed E-state index contributed by atoms with van der Waals surface area (Å²) in [7, 11) is 0. The van der Waals surface area contributed by atoms with Crippen LogP contribution in [0.2, 0.25) is 0 Å². The van der Waals surface area contributed by atoms with E-state index in [0.29, 0.717) is 17.1 Å². The van der Waals surface area contributed by atoms with Crippen LogP contribution in [-0.4, -0.2) is 34.1 Å². The first-order chi connectivity index (χ1) is 8.61. The van der Waals surface area contributed by atoms with E-state index in [1.165, 1.54) is 6.07 Å². The number of amides is 1. The lowest BCUT2D eigenvalue weighted by Crippen LogP contribution is -2.45. The van der Waals surface area contributed by atoms with E-state index in [4.69, 9.17) is 10.8 Å². The normalized spacial score (nSPS) is 11.2. The number of aryl methyl sites for hydroxylation is 1. The summed E-state index contributed by atoms with van der Waals surface area (Å²) < 4.78 is 0. The van der Waals surface area contributed by atoms with E-state index < -0.39 is 17.4 Å². The van der Waals surface area contributed by atoms with Gasteiger partial charge in [-0.15, -0.1) is 0 Å². The number of nitrogens with zero attached hydrogens (tertiary/aromatic N) is 2. The van der Waals surface area contributed by atoms with Crippen molar-refractivity contribution in [2.24, 2.45) is 5.73 Å². The average molecular weight is 265 g/mol. The molecule has 0 spiro atoms. The van der Waals surface area contributed by atoms with Gasteiger partial charge in [0, 0.05) is 16.8 Å². The highest BCUT2D eigenvalue weighted by molar-refractivity contribution is 5.93. The molecule has 0 aromatic carbocycles. The fourth-order valence-corrected chi connectivity index (χ4v) is 1.73. The molecule has 3 N–H and O–H groups in total. The van der Waals surface area contributed by atoms with Crippen molar-refractivity contribution in [2.75, 3.05) is 11.4 Å². The lowest BCUT2D eigenvalue weighted by atomic mass is 10.1. The fourth-order valence-electron chi connectivity index (χ4n) is 1.73. The number of hydrogen-bond donors (Lipinski definition) is 2. The third kappa shape index (κ3) is 3.94. The van der Waals surface area contributed by atoms with Crippen molar-refractivity contribution in [3.05, 3.63) is 23.4 Å². The minimum Gasteiger partial charge on any atom is -0.480 e. The highest BCUT2D eigenvalue weighted by atomic mass is 16.4. The molecular weight excluding hydrogens is 246 g/mol. The van der Waals surface area contributed by atoms with Gasteiger partial charge in [-0.1, -0.05) is 0 Å². The number of carboxylic acid groups (broad SMARTS) is 1. The molecule has 0 aliphatic rings. The van der Waals surface area contributed by atoms with Gasteiger partial charge in [0.15, 0.2) is 0 Å². The van der Waals surface area contributed by atoms with Crippen LogP contribution in [0, 0.1) is 6.92 Å². The lowest BCUT2D eigenvalue weighted by molar-refractivity contribution is -0.135. The van der Waals surface area contributed by atoms with Gasteiger partial charge in [0.2, 0.25) is 5.91 Å². The molecule has 0 fully saturated rings. The first kappa shape index (κ1) is 14.9. The van der Waals surface area contributed by atoms with Crippen LogP contribution in [0.4, 0.5) is 5.82 Å². The van der Waals surface area contributed by atoms with Gasteiger partial charge < -0.3 is 15.7 Å². The summed E-state index contributed by atoms with van der Waals surface area (Å²) in [6.45, 7) is 7.17. The Kier molecular flexibility index (Phi) is 4.14. The van der Waals surface area contributed by atoms with E-state index >= 15 is 0 Å². The molecule has 1 amide bonds. The number of hydrogen-bond acceptors (Lipinski definition) is 4. The van der Waals surface area contributed by atoms with Gasteiger partial charge in [-0.3, -0.25) is 9.59 Å². The van der Waals surface area contributed by atoms with Gasteiger partial charge >= 0.3 is 5.97 Å². The molecule has 104 valence electrons. The van der Waals surface area contributed by atoms with Crippen LogP contribution in [-0.2, 0) is 4.79 Å². The molecule has 0 aliphatic carbocycles. The number of rotatable bonds is 4. The first-order valence-electron chi connectivity index (χ1n) is 5.89. The van der Waals surface area contributed by atoms with Crippen LogP contribution in [0.1, 0.15) is 36.8 Å². The van der Waals surface area contributed by atoms with Crippen LogP contribution >= 0.6 is 0 Å². The SMILES string of the molecule is Cc1cc(C(N)=O)cc(N(CC(=O)O)C(C)(C)C)n1. The largest absolute Gasteiger partial charge is 0.480 e. The van der Waals surface area contributed by atoms with E-state index in [1.807, 2.05) is 20.8 Å². The van der Waals surface area contributed by atoms with Crippen molar-refractivity contribution in [3.8, 4) is 0 Å². The first-order valence-corrected chi connectivity index (χ1v) is 5.89. The van der Waals surface area contributed by atoms with Gasteiger partial charge in [-0.2, -0.15) is 0 Å². The molecule has 0 bridgehead atoms. The number of aromatic nitrogens is 1. The topological polar surface area (TPSA) is 96.5 Å². The summed E-state index contributed by atoms with van der Waals surface area (Å²) in [6.07, 6.45) is 0. The summed E-state index contributed by atoms with van der Waals surface area (Å²) in [5, 5.41) is 9.00. The summed E-state index contributed by atoms with van der Waals surface area (Å²) in [5.74, 6) is -1.08. The summed E-state index contributed by atoms with van der Waals surface area (Å²) >= 11 is 0. The maximum absolute atomic E-state index is 11.3. The second-order valence-electron chi connectivity index (χ2n) is 5.37. The third-order valence-corrected chi connectivity index (χ3v) is 2.60. The Morgan fingerprint density at radius 1 is 1.37 bits per heavy atom.